The van der Waals surface area contributed by atoms with E-state index >= 15 is 0 Å². The molecular weight excluding hydrogens is 162 g/mol. The van der Waals surface area contributed by atoms with Crippen LogP contribution < -0.4 is 5.32 Å². The van der Waals surface area contributed by atoms with E-state index in [-0.39, 0.29) is 0 Å². The zero-order chi connectivity index (χ0) is 8.36. The van der Waals surface area contributed by atoms with Gasteiger partial charge in [0.05, 0.1) is 0 Å². The van der Waals surface area contributed by atoms with E-state index in [0.717, 1.165) is 25.9 Å². The summed E-state index contributed by atoms with van der Waals surface area (Å²) in [5, 5.41) is 11.6. The summed E-state index contributed by atoms with van der Waals surface area (Å²) in [6, 6.07) is 0. The molecule has 0 amide bonds. The van der Waals surface area contributed by atoms with E-state index in [1.54, 1.807) is 0 Å². The standard InChI is InChI=1S/C8H16ClNO/c9-5-1-2-6-10-7-3-4-8-11/h1-2,10-11H,3-8H2/b2-1+. The second-order valence-corrected chi connectivity index (χ2v) is 2.57. The molecule has 0 spiro atoms. The van der Waals surface area contributed by atoms with E-state index in [4.69, 9.17) is 16.7 Å². The van der Waals surface area contributed by atoms with Crippen LogP contribution in [0.5, 0.6) is 0 Å². The molecule has 0 bridgehead atoms. The lowest BCUT2D eigenvalue weighted by Crippen LogP contribution is -2.15. The van der Waals surface area contributed by atoms with Gasteiger partial charge in [0.15, 0.2) is 0 Å². The van der Waals surface area contributed by atoms with Crippen molar-refractivity contribution in [3.8, 4) is 0 Å². The van der Waals surface area contributed by atoms with Gasteiger partial charge in [0.2, 0.25) is 0 Å². The average Bonchev–Trinajstić information content (AvgIpc) is 2.03. The molecule has 0 saturated heterocycles. The molecule has 0 aromatic rings. The minimum Gasteiger partial charge on any atom is -0.396 e. The van der Waals surface area contributed by atoms with Crippen molar-refractivity contribution in [3.63, 3.8) is 0 Å². The Hall–Kier alpha value is -0.0500. The van der Waals surface area contributed by atoms with E-state index in [9.17, 15) is 0 Å². The van der Waals surface area contributed by atoms with Crippen LogP contribution in [-0.2, 0) is 0 Å². The van der Waals surface area contributed by atoms with Gasteiger partial charge >= 0.3 is 0 Å². The molecule has 0 unspecified atom stereocenters. The minimum atomic E-state index is 0.291. The molecule has 66 valence electrons. The predicted molar refractivity (Wildman–Crippen MR) is 49.0 cm³/mol. The Bertz CT molecular complexity index is 96.1. The van der Waals surface area contributed by atoms with E-state index in [0.29, 0.717) is 12.5 Å². The van der Waals surface area contributed by atoms with Crippen molar-refractivity contribution in [1.82, 2.24) is 5.32 Å². The van der Waals surface area contributed by atoms with Crippen LogP contribution in [0.25, 0.3) is 0 Å². The summed E-state index contributed by atoms with van der Waals surface area (Å²) in [5.41, 5.74) is 0. The zero-order valence-electron chi connectivity index (χ0n) is 6.72. The van der Waals surface area contributed by atoms with Gasteiger partial charge < -0.3 is 10.4 Å². The van der Waals surface area contributed by atoms with Crippen LogP contribution in [0.3, 0.4) is 0 Å². The summed E-state index contributed by atoms with van der Waals surface area (Å²) in [6.07, 6.45) is 5.84. The van der Waals surface area contributed by atoms with E-state index in [2.05, 4.69) is 5.32 Å². The highest BCUT2D eigenvalue weighted by molar-refractivity contribution is 6.18. The van der Waals surface area contributed by atoms with Crippen molar-refractivity contribution >= 4 is 11.6 Å². The molecule has 0 heterocycles. The number of unbranched alkanes of at least 4 members (excludes halogenated alkanes) is 1. The highest BCUT2D eigenvalue weighted by atomic mass is 35.5. The van der Waals surface area contributed by atoms with Crippen LogP contribution in [0, 0.1) is 0 Å². The van der Waals surface area contributed by atoms with E-state index in [1.807, 2.05) is 12.2 Å². The lowest BCUT2D eigenvalue weighted by Gasteiger charge is -1.98. The number of hydrogen-bond acceptors (Lipinski definition) is 2. The lowest BCUT2D eigenvalue weighted by atomic mass is 10.3. The summed E-state index contributed by atoms with van der Waals surface area (Å²) in [7, 11) is 0. The molecule has 0 aliphatic rings. The van der Waals surface area contributed by atoms with Crippen LogP contribution in [0.1, 0.15) is 12.8 Å². The molecule has 0 radical (unpaired) electrons. The summed E-state index contributed by atoms with van der Waals surface area (Å²) in [5.74, 6) is 0.582. The largest absolute Gasteiger partial charge is 0.396 e. The Labute approximate surface area is 73.3 Å². The molecule has 0 aliphatic heterocycles. The average molecular weight is 178 g/mol. The number of alkyl halides is 1. The highest BCUT2D eigenvalue weighted by Gasteiger charge is 1.83. The molecule has 3 heteroatoms. The SMILES string of the molecule is OCCCCNC/C=C/CCl. The molecule has 11 heavy (non-hydrogen) atoms. The number of aliphatic hydroxyl groups is 1. The van der Waals surface area contributed by atoms with Crippen molar-refractivity contribution in [2.45, 2.75) is 12.8 Å². The number of nitrogens with one attached hydrogen (secondary N) is 1. The Morgan fingerprint density at radius 2 is 2.09 bits per heavy atom. The fraction of sp³-hybridized carbons (Fsp3) is 0.750. The van der Waals surface area contributed by atoms with E-state index < -0.39 is 0 Å². The number of halogens is 1. The summed E-state index contributed by atoms with van der Waals surface area (Å²) < 4.78 is 0. The van der Waals surface area contributed by atoms with Crippen molar-refractivity contribution in [2.24, 2.45) is 0 Å². The van der Waals surface area contributed by atoms with Crippen molar-refractivity contribution < 1.29 is 5.11 Å². The van der Waals surface area contributed by atoms with Gasteiger partial charge in [-0.15, -0.1) is 11.6 Å². The maximum Gasteiger partial charge on any atom is 0.0431 e. The molecular formula is C8H16ClNO. The van der Waals surface area contributed by atoms with Crippen LogP contribution in [0.15, 0.2) is 12.2 Å². The first kappa shape index (κ1) is 11.0. The molecule has 0 rings (SSSR count). The van der Waals surface area contributed by atoms with Gasteiger partial charge in [-0.3, -0.25) is 0 Å². The maximum absolute atomic E-state index is 8.45. The molecule has 2 N–H and O–H groups in total. The zero-order valence-corrected chi connectivity index (χ0v) is 7.48. The second-order valence-electron chi connectivity index (χ2n) is 2.26. The topological polar surface area (TPSA) is 32.3 Å². The monoisotopic (exact) mass is 177 g/mol. The third kappa shape index (κ3) is 9.95. The number of aliphatic hydroxyl groups excluding tert-OH is 1. The Kier molecular flexibility index (Phi) is 9.90. The molecule has 2 nitrogen and oxygen atoms in total. The molecule has 0 aromatic heterocycles. The number of allylic oxidation sites excluding steroid dienone is 1. The van der Waals surface area contributed by atoms with Crippen molar-refractivity contribution in [1.29, 1.82) is 0 Å². The van der Waals surface area contributed by atoms with Crippen molar-refractivity contribution in [2.75, 3.05) is 25.6 Å². The molecule has 0 saturated carbocycles. The lowest BCUT2D eigenvalue weighted by molar-refractivity contribution is 0.284. The Morgan fingerprint density at radius 1 is 1.27 bits per heavy atom. The third-order valence-corrected chi connectivity index (χ3v) is 1.46. The first-order valence-electron chi connectivity index (χ1n) is 3.94. The van der Waals surface area contributed by atoms with Crippen LogP contribution in [0.2, 0.25) is 0 Å². The third-order valence-electron chi connectivity index (χ3n) is 1.28. The van der Waals surface area contributed by atoms with Gasteiger partial charge in [-0.05, 0) is 19.4 Å². The minimum absolute atomic E-state index is 0.291. The molecule has 0 aliphatic carbocycles. The van der Waals surface area contributed by atoms with Gasteiger partial charge in [-0.1, -0.05) is 12.2 Å². The first-order chi connectivity index (χ1) is 5.41. The fourth-order valence-corrected chi connectivity index (χ4v) is 0.820. The van der Waals surface area contributed by atoms with E-state index in [1.165, 1.54) is 0 Å². The van der Waals surface area contributed by atoms with Gasteiger partial charge in [-0.25, -0.2) is 0 Å². The summed E-state index contributed by atoms with van der Waals surface area (Å²) in [6.45, 7) is 2.13. The first-order valence-corrected chi connectivity index (χ1v) is 4.47. The summed E-state index contributed by atoms with van der Waals surface area (Å²) >= 11 is 5.42. The summed E-state index contributed by atoms with van der Waals surface area (Å²) in [4.78, 5) is 0. The molecule has 0 fully saturated rings. The van der Waals surface area contributed by atoms with Crippen LogP contribution in [0.4, 0.5) is 0 Å². The number of hydrogen-bond donors (Lipinski definition) is 2. The van der Waals surface area contributed by atoms with Gasteiger partial charge in [0, 0.05) is 19.0 Å². The molecule has 0 atom stereocenters. The normalized spacial score (nSPS) is 11.1. The fourth-order valence-electron chi connectivity index (χ4n) is 0.694. The highest BCUT2D eigenvalue weighted by Crippen LogP contribution is 1.83. The van der Waals surface area contributed by atoms with Crippen molar-refractivity contribution in [3.05, 3.63) is 12.2 Å². The smallest absolute Gasteiger partial charge is 0.0431 e. The van der Waals surface area contributed by atoms with Gasteiger partial charge in [0.1, 0.15) is 0 Å². The second kappa shape index (κ2) is 9.95. The quantitative estimate of drug-likeness (QED) is 0.347. The Balaban J connectivity index is 2.85. The Morgan fingerprint density at radius 3 is 2.73 bits per heavy atom. The van der Waals surface area contributed by atoms with Crippen LogP contribution >= 0.6 is 11.6 Å². The number of rotatable bonds is 7. The van der Waals surface area contributed by atoms with Gasteiger partial charge in [-0.2, -0.15) is 0 Å². The predicted octanol–water partition coefficient (Wildman–Crippen LogP) is 1.14. The molecule has 0 aromatic carbocycles. The maximum atomic E-state index is 8.45. The van der Waals surface area contributed by atoms with Crippen LogP contribution in [-0.4, -0.2) is 30.7 Å². The van der Waals surface area contributed by atoms with Gasteiger partial charge in [0.25, 0.3) is 0 Å².